The maximum Gasteiger partial charge on any atom is 0.243 e. The minimum atomic E-state index is -3.67. The van der Waals surface area contributed by atoms with Gasteiger partial charge in [-0.25, -0.2) is 8.42 Å². The number of fused-ring (bicyclic) bond motifs is 3. The molecular weight excluding hydrogens is 452 g/mol. The third kappa shape index (κ3) is 4.10. The van der Waals surface area contributed by atoms with Crippen molar-refractivity contribution in [3.63, 3.8) is 0 Å². The number of hydrogen-bond donors (Lipinski definition) is 1. The van der Waals surface area contributed by atoms with Crippen molar-refractivity contribution >= 4 is 49.3 Å². The zero-order valence-electron chi connectivity index (χ0n) is 18.7. The van der Waals surface area contributed by atoms with Crippen LogP contribution in [0.25, 0.3) is 21.9 Å². The molecule has 1 aliphatic heterocycles. The van der Waals surface area contributed by atoms with Crippen LogP contribution in [-0.2, 0) is 14.8 Å². The van der Waals surface area contributed by atoms with Crippen LogP contribution in [0.4, 0.5) is 5.69 Å². The Hall–Kier alpha value is -3.49. The summed E-state index contributed by atoms with van der Waals surface area (Å²) in [6.07, 6.45) is 0.876. The van der Waals surface area contributed by atoms with Gasteiger partial charge in [0.05, 0.1) is 4.90 Å². The van der Waals surface area contributed by atoms with Crippen LogP contribution in [0.15, 0.2) is 76.0 Å². The number of rotatable bonds is 5. The second-order valence-electron chi connectivity index (χ2n) is 8.56. The molecule has 1 N–H and O–H groups in total. The maximum absolute atomic E-state index is 13.0. The van der Waals surface area contributed by atoms with Gasteiger partial charge in [0, 0.05) is 41.0 Å². The predicted octanol–water partition coefficient (Wildman–Crippen LogP) is 4.83. The average Bonchev–Trinajstić information content (AvgIpc) is 3.22. The average molecular weight is 477 g/mol. The number of anilines is 1. The Morgan fingerprint density at radius 3 is 2.29 bits per heavy atom. The van der Waals surface area contributed by atoms with E-state index in [0.717, 1.165) is 21.9 Å². The highest BCUT2D eigenvalue weighted by Crippen LogP contribution is 2.31. The Morgan fingerprint density at radius 1 is 0.912 bits per heavy atom. The van der Waals surface area contributed by atoms with Crippen molar-refractivity contribution in [2.75, 3.05) is 18.4 Å². The number of carbonyl (C=O) groups is 2. The predicted molar refractivity (Wildman–Crippen MR) is 130 cm³/mol. The summed E-state index contributed by atoms with van der Waals surface area (Å²) in [6, 6.07) is 19.3. The normalized spacial score (nSPS) is 15.6. The van der Waals surface area contributed by atoms with Gasteiger partial charge < -0.3 is 9.73 Å². The third-order valence-electron chi connectivity index (χ3n) is 6.37. The monoisotopic (exact) mass is 476 g/mol. The van der Waals surface area contributed by atoms with Crippen LogP contribution < -0.4 is 5.32 Å². The first-order chi connectivity index (χ1) is 16.3. The van der Waals surface area contributed by atoms with E-state index in [0.29, 0.717) is 24.1 Å². The van der Waals surface area contributed by atoms with Crippen molar-refractivity contribution in [1.29, 1.82) is 0 Å². The molecule has 1 aliphatic rings. The molecule has 0 unspecified atom stereocenters. The summed E-state index contributed by atoms with van der Waals surface area (Å²) in [4.78, 5) is 24.5. The van der Waals surface area contributed by atoms with E-state index in [4.69, 9.17) is 4.42 Å². The topological polar surface area (TPSA) is 96.7 Å². The number of nitrogens with zero attached hydrogens (tertiary/aromatic N) is 1. The molecule has 3 aromatic carbocycles. The van der Waals surface area contributed by atoms with Crippen LogP contribution >= 0.6 is 0 Å². The van der Waals surface area contributed by atoms with Gasteiger partial charge >= 0.3 is 0 Å². The molecule has 0 saturated carbocycles. The Bertz CT molecular complexity index is 1500. The first kappa shape index (κ1) is 22.3. The van der Waals surface area contributed by atoms with Gasteiger partial charge in [-0.2, -0.15) is 4.31 Å². The second kappa shape index (κ2) is 8.70. The van der Waals surface area contributed by atoms with E-state index < -0.39 is 10.0 Å². The number of ketones is 1. The summed E-state index contributed by atoms with van der Waals surface area (Å²) in [5.74, 6) is -0.505. The summed E-state index contributed by atoms with van der Waals surface area (Å²) in [5.41, 5.74) is 2.71. The molecular formula is C26H24N2O5S. The molecule has 1 fully saturated rings. The highest BCUT2D eigenvalue weighted by molar-refractivity contribution is 7.89. The first-order valence-corrected chi connectivity index (χ1v) is 12.6. The molecule has 174 valence electrons. The van der Waals surface area contributed by atoms with Crippen molar-refractivity contribution in [3.8, 4) is 0 Å². The largest absolute Gasteiger partial charge is 0.456 e. The zero-order valence-corrected chi connectivity index (χ0v) is 19.5. The lowest BCUT2D eigenvalue weighted by molar-refractivity contribution is -0.120. The van der Waals surface area contributed by atoms with Crippen molar-refractivity contribution in [1.82, 2.24) is 4.31 Å². The highest BCUT2D eigenvalue weighted by atomic mass is 32.2. The number of amides is 1. The van der Waals surface area contributed by atoms with Crippen LogP contribution in [-0.4, -0.2) is 37.5 Å². The van der Waals surface area contributed by atoms with Crippen LogP contribution in [0, 0.1) is 5.92 Å². The van der Waals surface area contributed by atoms with Crippen LogP contribution in [0.2, 0.25) is 0 Å². The molecule has 0 radical (unpaired) electrons. The number of nitrogens with one attached hydrogen (secondary N) is 1. The fourth-order valence-corrected chi connectivity index (χ4v) is 5.89. The highest BCUT2D eigenvalue weighted by Gasteiger charge is 2.32. The van der Waals surface area contributed by atoms with Gasteiger partial charge in [0.15, 0.2) is 5.78 Å². The fourth-order valence-electron chi connectivity index (χ4n) is 4.42. The van der Waals surface area contributed by atoms with E-state index in [1.807, 2.05) is 42.5 Å². The summed E-state index contributed by atoms with van der Waals surface area (Å²) < 4.78 is 33.2. The molecule has 2 heterocycles. The lowest BCUT2D eigenvalue weighted by Crippen LogP contribution is -2.41. The number of sulfonamides is 1. The number of piperidine rings is 1. The first-order valence-electron chi connectivity index (χ1n) is 11.2. The molecule has 0 spiro atoms. The number of para-hydroxylation sites is 1. The minimum absolute atomic E-state index is 0.115. The van der Waals surface area contributed by atoms with Crippen LogP contribution in [0.3, 0.4) is 0 Å². The Balaban J connectivity index is 1.25. The Labute approximate surface area is 197 Å². The molecule has 5 rings (SSSR count). The zero-order chi connectivity index (χ0) is 23.9. The maximum atomic E-state index is 13.0. The van der Waals surface area contributed by atoms with E-state index in [-0.39, 0.29) is 35.6 Å². The number of hydrogen-bond acceptors (Lipinski definition) is 5. The van der Waals surface area contributed by atoms with Crippen molar-refractivity contribution in [2.24, 2.45) is 5.92 Å². The number of Topliss-reactive ketones (excluding diaryl/α,β-unsaturated/α-hetero) is 1. The van der Waals surface area contributed by atoms with E-state index in [1.54, 1.807) is 0 Å². The van der Waals surface area contributed by atoms with E-state index in [2.05, 4.69) is 5.32 Å². The second-order valence-corrected chi connectivity index (χ2v) is 10.5. The smallest absolute Gasteiger partial charge is 0.243 e. The standard InChI is InChI=1S/C26H24N2O5S/c1-17(29)18-6-9-21(10-7-18)34(31,32)28-14-12-19(13-15-28)26(30)27-20-8-11-25-23(16-20)22-4-2-3-5-24(22)33-25/h2-11,16,19H,12-15H2,1H3,(H,27,30). The molecule has 8 heteroatoms. The van der Waals surface area contributed by atoms with Gasteiger partial charge in [-0.15, -0.1) is 0 Å². The number of benzene rings is 3. The van der Waals surface area contributed by atoms with Gasteiger partial charge in [-0.05, 0) is 56.2 Å². The van der Waals surface area contributed by atoms with Gasteiger partial charge in [0.2, 0.25) is 15.9 Å². The lowest BCUT2D eigenvalue weighted by atomic mass is 9.97. The number of carbonyl (C=O) groups excluding carboxylic acids is 2. The van der Waals surface area contributed by atoms with Crippen molar-refractivity contribution < 1.29 is 22.4 Å². The van der Waals surface area contributed by atoms with E-state index in [1.165, 1.54) is 35.5 Å². The molecule has 1 amide bonds. The quantitative estimate of drug-likeness (QED) is 0.416. The summed E-state index contributed by atoms with van der Waals surface area (Å²) >= 11 is 0. The van der Waals surface area contributed by atoms with Gasteiger partial charge in [0.1, 0.15) is 11.2 Å². The Kier molecular flexibility index (Phi) is 5.71. The molecule has 0 bridgehead atoms. The van der Waals surface area contributed by atoms with Gasteiger partial charge in [-0.1, -0.05) is 30.3 Å². The minimum Gasteiger partial charge on any atom is -0.456 e. The van der Waals surface area contributed by atoms with E-state index in [9.17, 15) is 18.0 Å². The summed E-state index contributed by atoms with van der Waals surface area (Å²) in [5, 5.41) is 4.90. The summed E-state index contributed by atoms with van der Waals surface area (Å²) in [7, 11) is -3.67. The molecule has 0 atom stereocenters. The van der Waals surface area contributed by atoms with Crippen molar-refractivity contribution in [3.05, 3.63) is 72.3 Å². The van der Waals surface area contributed by atoms with Gasteiger partial charge in [0.25, 0.3) is 0 Å². The number of furan rings is 1. The fraction of sp³-hybridized carbons (Fsp3) is 0.231. The van der Waals surface area contributed by atoms with Crippen LogP contribution in [0.5, 0.6) is 0 Å². The molecule has 7 nitrogen and oxygen atoms in total. The molecule has 1 saturated heterocycles. The lowest BCUT2D eigenvalue weighted by Gasteiger charge is -2.30. The molecule has 1 aromatic heterocycles. The SMILES string of the molecule is CC(=O)c1ccc(S(=O)(=O)N2CCC(C(=O)Nc3ccc4oc5ccccc5c4c3)CC2)cc1. The van der Waals surface area contributed by atoms with Crippen LogP contribution in [0.1, 0.15) is 30.1 Å². The van der Waals surface area contributed by atoms with E-state index >= 15 is 0 Å². The molecule has 34 heavy (non-hydrogen) atoms. The van der Waals surface area contributed by atoms with Crippen molar-refractivity contribution in [2.45, 2.75) is 24.7 Å². The third-order valence-corrected chi connectivity index (χ3v) is 8.28. The molecule has 4 aromatic rings. The molecule has 0 aliphatic carbocycles. The Morgan fingerprint density at radius 2 is 1.59 bits per heavy atom. The van der Waals surface area contributed by atoms with Gasteiger partial charge in [-0.3, -0.25) is 9.59 Å². The summed E-state index contributed by atoms with van der Waals surface area (Å²) in [6.45, 7) is 1.97.